The van der Waals surface area contributed by atoms with Crippen LogP contribution in [0.5, 0.6) is 0 Å². The second-order valence-electron chi connectivity index (χ2n) is 2.39. The van der Waals surface area contributed by atoms with Gasteiger partial charge in [0.2, 0.25) is 0 Å². The van der Waals surface area contributed by atoms with Gasteiger partial charge < -0.3 is 4.57 Å². The lowest BCUT2D eigenvalue weighted by atomic mass is 10.4. The molecule has 0 unspecified atom stereocenters. The van der Waals surface area contributed by atoms with E-state index in [4.69, 9.17) is 0 Å². The summed E-state index contributed by atoms with van der Waals surface area (Å²) in [4.78, 5) is 15.2. The van der Waals surface area contributed by atoms with Gasteiger partial charge in [0.1, 0.15) is 12.4 Å². The van der Waals surface area contributed by atoms with Gasteiger partial charge in [0, 0.05) is 12.4 Å². The van der Waals surface area contributed by atoms with Gasteiger partial charge in [0.05, 0.1) is 29.4 Å². The standard InChI is InChI=1S/C6H6IN3O/c7-10-3-5-8-1-2-9(5)4-6(10)11/h1-2H,3-4H2. The third-order valence-electron chi connectivity index (χ3n) is 1.66. The second kappa shape index (κ2) is 2.47. The summed E-state index contributed by atoms with van der Waals surface area (Å²) >= 11 is 2.01. The minimum atomic E-state index is 0.135. The molecule has 1 aromatic heterocycles. The van der Waals surface area contributed by atoms with Gasteiger partial charge in [-0.15, -0.1) is 0 Å². The van der Waals surface area contributed by atoms with Crippen LogP contribution >= 0.6 is 22.9 Å². The van der Waals surface area contributed by atoms with Crippen LogP contribution in [-0.4, -0.2) is 18.6 Å². The summed E-state index contributed by atoms with van der Waals surface area (Å²) < 4.78 is 3.53. The first kappa shape index (κ1) is 7.08. The molecule has 58 valence electrons. The molecule has 5 heteroatoms. The van der Waals surface area contributed by atoms with Crippen molar-refractivity contribution < 1.29 is 4.79 Å². The summed E-state index contributed by atoms with van der Waals surface area (Å²) in [5.41, 5.74) is 0. The maximum atomic E-state index is 11.1. The maximum absolute atomic E-state index is 11.1. The number of hydrogen-bond acceptors (Lipinski definition) is 2. The molecule has 0 saturated heterocycles. The lowest BCUT2D eigenvalue weighted by Crippen LogP contribution is -2.31. The van der Waals surface area contributed by atoms with E-state index in [1.807, 2.05) is 33.6 Å². The van der Waals surface area contributed by atoms with E-state index in [0.29, 0.717) is 13.1 Å². The van der Waals surface area contributed by atoms with Crippen LogP contribution in [0.1, 0.15) is 5.82 Å². The lowest BCUT2D eigenvalue weighted by molar-refractivity contribution is -0.127. The van der Waals surface area contributed by atoms with Gasteiger partial charge in [0.25, 0.3) is 5.91 Å². The number of halogens is 1. The van der Waals surface area contributed by atoms with Gasteiger partial charge in [-0.05, 0) is 0 Å². The molecule has 2 heterocycles. The van der Waals surface area contributed by atoms with Gasteiger partial charge in [0.15, 0.2) is 0 Å². The molecular formula is C6H6IN3O. The molecule has 0 saturated carbocycles. The molecule has 1 aliphatic heterocycles. The first-order valence-corrected chi connectivity index (χ1v) is 4.20. The van der Waals surface area contributed by atoms with Crippen molar-refractivity contribution in [2.75, 3.05) is 0 Å². The first-order chi connectivity index (χ1) is 5.27. The molecule has 1 amide bonds. The number of aromatic nitrogens is 2. The Morgan fingerprint density at radius 3 is 3.18 bits per heavy atom. The van der Waals surface area contributed by atoms with E-state index in [2.05, 4.69) is 4.98 Å². The summed E-state index contributed by atoms with van der Waals surface area (Å²) in [5.74, 6) is 1.09. The predicted octanol–water partition coefficient (Wildman–Crippen LogP) is 0.575. The number of fused-ring (bicyclic) bond motifs is 1. The van der Waals surface area contributed by atoms with Crippen molar-refractivity contribution in [3.05, 3.63) is 18.2 Å². The number of imidazole rings is 1. The molecule has 0 bridgehead atoms. The van der Waals surface area contributed by atoms with E-state index >= 15 is 0 Å². The van der Waals surface area contributed by atoms with Crippen LogP contribution in [0, 0.1) is 0 Å². The third-order valence-corrected chi connectivity index (χ3v) is 2.54. The quantitative estimate of drug-likeness (QED) is 0.507. The summed E-state index contributed by atoms with van der Waals surface area (Å²) in [6, 6.07) is 0. The molecule has 1 aromatic rings. The fraction of sp³-hybridized carbons (Fsp3) is 0.333. The van der Waals surface area contributed by atoms with Gasteiger partial charge >= 0.3 is 0 Å². The van der Waals surface area contributed by atoms with Crippen molar-refractivity contribution >= 4 is 28.8 Å². The highest BCUT2D eigenvalue weighted by Gasteiger charge is 2.20. The summed E-state index contributed by atoms with van der Waals surface area (Å²) in [6.45, 7) is 1.05. The predicted molar refractivity (Wildman–Crippen MR) is 46.8 cm³/mol. The maximum Gasteiger partial charge on any atom is 0.251 e. The molecule has 0 fully saturated rings. The van der Waals surface area contributed by atoms with Crippen LogP contribution < -0.4 is 0 Å². The van der Waals surface area contributed by atoms with Crippen molar-refractivity contribution in [1.29, 1.82) is 0 Å². The zero-order valence-electron chi connectivity index (χ0n) is 5.70. The van der Waals surface area contributed by atoms with E-state index in [-0.39, 0.29) is 5.91 Å². The van der Waals surface area contributed by atoms with Crippen LogP contribution in [0.25, 0.3) is 0 Å². The molecule has 4 nitrogen and oxygen atoms in total. The minimum absolute atomic E-state index is 0.135. The largest absolute Gasteiger partial charge is 0.324 e. The van der Waals surface area contributed by atoms with E-state index in [9.17, 15) is 4.79 Å². The minimum Gasteiger partial charge on any atom is -0.324 e. The normalized spacial score (nSPS) is 16.8. The lowest BCUT2D eigenvalue weighted by Gasteiger charge is -2.20. The molecule has 0 spiro atoms. The molecule has 1 aliphatic rings. The number of hydrogen-bond donors (Lipinski definition) is 0. The Kier molecular flexibility index (Phi) is 1.59. The second-order valence-corrected chi connectivity index (χ2v) is 3.55. The van der Waals surface area contributed by atoms with Crippen LogP contribution in [0.15, 0.2) is 12.4 Å². The summed E-state index contributed by atoms with van der Waals surface area (Å²) in [7, 11) is 0. The smallest absolute Gasteiger partial charge is 0.251 e. The molecular weight excluding hydrogens is 257 g/mol. The van der Waals surface area contributed by atoms with Gasteiger partial charge in [-0.1, -0.05) is 0 Å². The van der Waals surface area contributed by atoms with Crippen molar-refractivity contribution in [3.8, 4) is 0 Å². The van der Waals surface area contributed by atoms with Gasteiger partial charge in [-0.25, -0.2) is 4.98 Å². The highest BCUT2D eigenvalue weighted by Crippen LogP contribution is 2.14. The summed E-state index contributed by atoms with van der Waals surface area (Å²) in [6.07, 6.45) is 3.55. The van der Waals surface area contributed by atoms with Crippen LogP contribution in [-0.2, 0) is 17.9 Å². The van der Waals surface area contributed by atoms with Crippen LogP contribution in [0.2, 0.25) is 0 Å². The molecule has 11 heavy (non-hydrogen) atoms. The van der Waals surface area contributed by atoms with E-state index in [1.165, 1.54) is 0 Å². The van der Waals surface area contributed by atoms with Crippen molar-refractivity contribution in [1.82, 2.24) is 12.7 Å². The average molecular weight is 263 g/mol. The monoisotopic (exact) mass is 263 g/mol. The van der Waals surface area contributed by atoms with Crippen molar-refractivity contribution in [3.63, 3.8) is 0 Å². The average Bonchev–Trinajstić information content (AvgIpc) is 2.36. The Morgan fingerprint density at radius 2 is 2.36 bits per heavy atom. The first-order valence-electron chi connectivity index (χ1n) is 3.23. The van der Waals surface area contributed by atoms with Crippen LogP contribution in [0.3, 0.4) is 0 Å². The molecule has 0 atom stereocenters. The molecule has 2 rings (SSSR count). The number of carbonyl (C=O) groups excluding carboxylic acids is 1. The SMILES string of the molecule is O=C1Cn2ccnc2CN1I. The fourth-order valence-corrected chi connectivity index (χ4v) is 1.53. The number of rotatable bonds is 0. The molecule has 0 N–H and O–H groups in total. The molecule has 0 aromatic carbocycles. The summed E-state index contributed by atoms with van der Waals surface area (Å²) in [5, 5.41) is 0. The van der Waals surface area contributed by atoms with Crippen LogP contribution in [0.4, 0.5) is 0 Å². The molecule has 0 aliphatic carbocycles. The zero-order valence-corrected chi connectivity index (χ0v) is 7.85. The van der Waals surface area contributed by atoms with Gasteiger partial charge in [-0.3, -0.25) is 7.91 Å². The third kappa shape index (κ3) is 1.13. The van der Waals surface area contributed by atoms with Gasteiger partial charge in [-0.2, -0.15) is 0 Å². The van der Waals surface area contributed by atoms with Crippen molar-refractivity contribution in [2.45, 2.75) is 13.1 Å². The Hall–Kier alpha value is -0.590. The van der Waals surface area contributed by atoms with Crippen molar-refractivity contribution in [2.24, 2.45) is 0 Å². The highest BCUT2D eigenvalue weighted by atomic mass is 127. The Balaban J connectivity index is 2.37. The highest BCUT2D eigenvalue weighted by molar-refractivity contribution is 14.1. The number of nitrogens with zero attached hydrogens (tertiary/aromatic N) is 3. The van der Waals surface area contributed by atoms with E-state index in [0.717, 1.165) is 5.82 Å². The zero-order chi connectivity index (χ0) is 7.84. The number of carbonyl (C=O) groups is 1. The Labute approximate surface area is 77.7 Å². The van der Waals surface area contributed by atoms with E-state index < -0.39 is 0 Å². The van der Waals surface area contributed by atoms with E-state index in [1.54, 1.807) is 9.31 Å². The topological polar surface area (TPSA) is 38.1 Å². The Morgan fingerprint density at radius 1 is 1.55 bits per heavy atom. The molecule has 0 radical (unpaired) electrons. The fourth-order valence-electron chi connectivity index (χ4n) is 1.07. The Bertz CT molecular complexity index is 296. The number of amides is 1.